The van der Waals surface area contributed by atoms with Crippen molar-refractivity contribution in [1.82, 2.24) is 10.4 Å². The van der Waals surface area contributed by atoms with Crippen LogP contribution in [0.1, 0.15) is 6.42 Å². The van der Waals surface area contributed by atoms with Gasteiger partial charge in [0.2, 0.25) is 0 Å². The molecule has 7 heteroatoms. The highest BCUT2D eigenvalue weighted by molar-refractivity contribution is 7.99. The fourth-order valence-corrected chi connectivity index (χ4v) is 2.49. The molecule has 1 unspecified atom stereocenters. The lowest BCUT2D eigenvalue weighted by atomic mass is 10.2. The Morgan fingerprint density at radius 3 is 2.93 bits per heavy atom. The van der Waals surface area contributed by atoms with Gasteiger partial charge in [0, 0.05) is 18.8 Å². The molecule has 1 aliphatic heterocycles. The molecule has 0 radical (unpaired) electrons. The van der Waals surface area contributed by atoms with E-state index in [2.05, 4.69) is 10.3 Å². The number of hydroxylamine groups is 1. The van der Waals surface area contributed by atoms with Crippen LogP contribution in [0, 0.1) is 0 Å². The van der Waals surface area contributed by atoms with E-state index in [1.807, 2.05) is 0 Å². The summed E-state index contributed by atoms with van der Waals surface area (Å²) in [6, 6.07) is -0.188. The van der Waals surface area contributed by atoms with E-state index in [1.165, 1.54) is 0 Å². The standard InChI is InChI=1S/C8H14N2O4S/c1-10(6-2-3-15-5-6)8(13)9-14-4-7(11)12/h6H,2-5H2,1H3,(H,9,13)(H,11,12). The number of carboxylic acids is 1. The average Bonchev–Trinajstić information content (AvgIpc) is 2.68. The summed E-state index contributed by atoms with van der Waals surface area (Å²) in [7, 11) is 1.68. The van der Waals surface area contributed by atoms with E-state index in [0.717, 1.165) is 17.9 Å². The minimum Gasteiger partial charge on any atom is -0.479 e. The zero-order chi connectivity index (χ0) is 11.3. The fraction of sp³-hybridized carbons (Fsp3) is 0.750. The van der Waals surface area contributed by atoms with Gasteiger partial charge in [0.15, 0.2) is 6.61 Å². The SMILES string of the molecule is CN(C(=O)NOCC(=O)O)C1CCSC1. The van der Waals surface area contributed by atoms with Crippen molar-refractivity contribution in [3.05, 3.63) is 0 Å². The Kier molecular flexibility index (Phi) is 4.70. The van der Waals surface area contributed by atoms with Gasteiger partial charge in [0.1, 0.15) is 0 Å². The van der Waals surface area contributed by atoms with Gasteiger partial charge < -0.3 is 10.0 Å². The van der Waals surface area contributed by atoms with E-state index in [0.29, 0.717) is 0 Å². The number of carbonyl (C=O) groups is 2. The first-order chi connectivity index (χ1) is 7.11. The third-order valence-corrected chi connectivity index (χ3v) is 3.27. The lowest BCUT2D eigenvalue weighted by Crippen LogP contribution is -2.44. The van der Waals surface area contributed by atoms with Gasteiger partial charge in [0.25, 0.3) is 0 Å². The number of nitrogens with zero attached hydrogens (tertiary/aromatic N) is 1. The van der Waals surface area contributed by atoms with Crippen molar-refractivity contribution in [2.24, 2.45) is 0 Å². The van der Waals surface area contributed by atoms with Crippen molar-refractivity contribution < 1.29 is 19.5 Å². The number of hydrogen-bond donors (Lipinski definition) is 2. The summed E-state index contributed by atoms with van der Waals surface area (Å²) in [5.41, 5.74) is 2.09. The van der Waals surface area contributed by atoms with Gasteiger partial charge in [0.05, 0.1) is 0 Å². The van der Waals surface area contributed by atoms with E-state index < -0.39 is 18.6 Å². The van der Waals surface area contributed by atoms with Gasteiger partial charge in [-0.1, -0.05) is 0 Å². The molecule has 0 spiro atoms. The first-order valence-corrected chi connectivity index (χ1v) is 5.71. The zero-order valence-corrected chi connectivity index (χ0v) is 9.25. The number of urea groups is 1. The molecule has 0 aliphatic carbocycles. The van der Waals surface area contributed by atoms with Crippen molar-refractivity contribution in [3.8, 4) is 0 Å². The van der Waals surface area contributed by atoms with Crippen LogP contribution in [-0.2, 0) is 9.63 Å². The number of hydrogen-bond acceptors (Lipinski definition) is 4. The molecule has 0 aromatic carbocycles. The number of aliphatic carboxylic acids is 1. The third-order valence-electron chi connectivity index (χ3n) is 2.13. The maximum absolute atomic E-state index is 11.4. The van der Waals surface area contributed by atoms with E-state index in [9.17, 15) is 9.59 Å². The summed E-state index contributed by atoms with van der Waals surface area (Å²) in [6.07, 6.45) is 0.966. The molecular weight excluding hydrogens is 220 g/mol. The summed E-state index contributed by atoms with van der Waals surface area (Å²) in [6.45, 7) is -0.529. The molecule has 1 atom stereocenters. The van der Waals surface area contributed by atoms with Crippen molar-refractivity contribution >= 4 is 23.8 Å². The molecule has 1 rings (SSSR count). The van der Waals surface area contributed by atoms with Crippen LogP contribution in [0.5, 0.6) is 0 Å². The minimum absolute atomic E-state index is 0.212. The van der Waals surface area contributed by atoms with E-state index in [4.69, 9.17) is 5.11 Å². The Hall–Kier alpha value is -0.950. The highest BCUT2D eigenvalue weighted by atomic mass is 32.2. The molecule has 86 valence electrons. The molecule has 1 saturated heterocycles. The molecule has 6 nitrogen and oxygen atoms in total. The highest BCUT2D eigenvalue weighted by Crippen LogP contribution is 2.21. The molecule has 1 fully saturated rings. The van der Waals surface area contributed by atoms with Crippen LogP contribution >= 0.6 is 11.8 Å². The Morgan fingerprint density at radius 1 is 1.67 bits per heavy atom. The third kappa shape index (κ3) is 3.96. The monoisotopic (exact) mass is 234 g/mol. The number of rotatable bonds is 4. The van der Waals surface area contributed by atoms with Gasteiger partial charge in [-0.3, -0.25) is 4.84 Å². The first kappa shape index (κ1) is 12.1. The number of carboxylic acid groups (broad SMARTS) is 1. The average molecular weight is 234 g/mol. The van der Waals surface area contributed by atoms with Crippen LogP contribution in [0.3, 0.4) is 0 Å². The highest BCUT2D eigenvalue weighted by Gasteiger charge is 2.23. The lowest BCUT2D eigenvalue weighted by molar-refractivity contribution is -0.144. The van der Waals surface area contributed by atoms with Crippen LogP contribution < -0.4 is 5.48 Å². The van der Waals surface area contributed by atoms with Gasteiger partial charge in [-0.15, -0.1) is 0 Å². The van der Waals surface area contributed by atoms with E-state index >= 15 is 0 Å². The minimum atomic E-state index is -1.12. The molecule has 0 saturated carbocycles. The molecule has 1 heterocycles. The number of thioether (sulfide) groups is 1. The normalized spacial score (nSPS) is 19.9. The van der Waals surface area contributed by atoms with Crippen molar-refractivity contribution in [2.45, 2.75) is 12.5 Å². The summed E-state index contributed by atoms with van der Waals surface area (Å²) in [5.74, 6) is 0.857. The molecule has 2 amide bonds. The van der Waals surface area contributed by atoms with Crippen molar-refractivity contribution in [3.63, 3.8) is 0 Å². The smallest absolute Gasteiger partial charge is 0.341 e. The first-order valence-electron chi connectivity index (χ1n) is 4.55. The van der Waals surface area contributed by atoms with Crippen LogP contribution in [0.25, 0.3) is 0 Å². The van der Waals surface area contributed by atoms with E-state index in [1.54, 1.807) is 23.7 Å². The van der Waals surface area contributed by atoms with Crippen LogP contribution in [0.4, 0.5) is 4.79 Å². The van der Waals surface area contributed by atoms with Crippen molar-refractivity contribution in [1.29, 1.82) is 0 Å². The van der Waals surface area contributed by atoms with E-state index in [-0.39, 0.29) is 6.04 Å². The second kappa shape index (κ2) is 5.82. The Balaban J connectivity index is 2.23. The predicted molar refractivity (Wildman–Crippen MR) is 55.6 cm³/mol. The number of amides is 2. The van der Waals surface area contributed by atoms with Gasteiger partial charge in [-0.2, -0.15) is 11.8 Å². The maximum Gasteiger partial charge on any atom is 0.341 e. The summed E-state index contributed by atoms with van der Waals surface area (Å²) in [5, 5.41) is 8.28. The van der Waals surface area contributed by atoms with Gasteiger partial charge in [-0.05, 0) is 12.2 Å². The summed E-state index contributed by atoms with van der Waals surface area (Å²) >= 11 is 1.80. The molecule has 1 aliphatic rings. The fourth-order valence-electron chi connectivity index (χ4n) is 1.22. The van der Waals surface area contributed by atoms with Crippen LogP contribution in [0.2, 0.25) is 0 Å². The Morgan fingerprint density at radius 2 is 2.40 bits per heavy atom. The second-order valence-electron chi connectivity index (χ2n) is 3.22. The number of nitrogens with one attached hydrogen (secondary N) is 1. The maximum atomic E-state index is 11.4. The Labute approximate surface area is 91.9 Å². The predicted octanol–water partition coefficient (Wildman–Crippen LogP) is 0.150. The zero-order valence-electron chi connectivity index (χ0n) is 8.43. The van der Waals surface area contributed by atoms with Crippen molar-refractivity contribution in [2.75, 3.05) is 25.2 Å². The largest absolute Gasteiger partial charge is 0.479 e. The molecule has 15 heavy (non-hydrogen) atoms. The van der Waals surface area contributed by atoms with Gasteiger partial charge >= 0.3 is 12.0 Å². The summed E-state index contributed by atoms with van der Waals surface area (Å²) in [4.78, 5) is 27.5. The summed E-state index contributed by atoms with van der Waals surface area (Å²) < 4.78 is 0. The topological polar surface area (TPSA) is 78.9 Å². The van der Waals surface area contributed by atoms with Crippen LogP contribution in [0.15, 0.2) is 0 Å². The molecule has 0 aromatic heterocycles. The second-order valence-corrected chi connectivity index (χ2v) is 4.37. The molecule has 0 aromatic rings. The Bertz CT molecular complexity index is 243. The van der Waals surface area contributed by atoms with Gasteiger partial charge in [-0.25, -0.2) is 15.1 Å². The quantitative estimate of drug-likeness (QED) is 0.677. The lowest BCUT2D eigenvalue weighted by Gasteiger charge is -2.23. The number of carbonyl (C=O) groups excluding carboxylic acids is 1. The van der Waals surface area contributed by atoms with Crippen LogP contribution in [-0.4, -0.2) is 53.2 Å². The molecule has 0 bridgehead atoms. The molecular formula is C8H14N2O4S. The molecule has 2 N–H and O–H groups in total.